The Morgan fingerprint density at radius 3 is 2.46 bits per heavy atom. The SMILES string of the molecule is O=c1c2ccccc2nc(COc2ccccc2)n1/N=C/c1ccc(F)cc1. The second-order valence-electron chi connectivity index (χ2n) is 6.06. The van der Waals surface area contributed by atoms with Gasteiger partial charge in [0, 0.05) is 0 Å². The number of ether oxygens (including phenoxy) is 1. The largest absolute Gasteiger partial charge is 0.486 e. The molecule has 0 spiro atoms. The molecule has 0 atom stereocenters. The Balaban J connectivity index is 1.74. The molecule has 0 radical (unpaired) electrons. The lowest BCUT2D eigenvalue weighted by molar-refractivity contribution is 0.289. The summed E-state index contributed by atoms with van der Waals surface area (Å²) in [6, 6.07) is 22.2. The fourth-order valence-electron chi connectivity index (χ4n) is 2.72. The number of halogens is 1. The first-order valence-corrected chi connectivity index (χ1v) is 8.69. The standard InChI is InChI=1S/C22H16FN3O2/c23-17-12-10-16(11-13-17)14-24-26-21(15-28-18-6-2-1-3-7-18)25-20-9-5-4-8-19(20)22(26)27/h1-14H,15H2/b24-14+. The maximum absolute atomic E-state index is 13.1. The molecule has 0 aliphatic carbocycles. The lowest BCUT2D eigenvalue weighted by Crippen LogP contribution is -2.23. The fraction of sp³-hybridized carbons (Fsp3) is 0.0455. The average Bonchev–Trinajstić information content (AvgIpc) is 2.74. The van der Waals surface area contributed by atoms with Crippen molar-refractivity contribution in [1.82, 2.24) is 9.66 Å². The summed E-state index contributed by atoms with van der Waals surface area (Å²) in [6.45, 7) is 0.0743. The van der Waals surface area contributed by atoms with E-state index in [0.717, 1.165) is 0 Å². The monoisotopic (exact) mass is 373 g/mol. The van der Waals surface area contributed by atoms with E-state index in [4.69, 9.17) is 4.74 Å². The van der Waals surface area contributed by atoms with E-state index in [-0.39, 0.29) is 18.0 Å². The Bertz CT molecular complexity index is 1190. The number of benzene rings is 3. The summed E-state index contributed by atoms with van der Waals surface area (Å²) in [5, 5.41) is 4.74. The molecule has 0 bridgehead atoms. The molecule has 4 rings (SSSR count). The topological polar surface area (TPSA) is 56.5 Å². The summed E-state index contributed by atoms with van der Waals surface area (Å²) >= 11 is 0. The van der Waals surface area contributed by atoms with E-state index >= 15 is 0 Å². The van der Waals surface area contributed by atoms with Crippen LogP contribution >= 0.6 is 0 Å². The van der Waals surface area contributed by atoms with Gasteiger partial charge in [-0.25, -0.2) is 9.37 Å². The molecule has 0 aliphatic heterocycles. The molecular formula is C22H16FN3O2. The maximum Gasteiger partial charge on any atom is 0.282 e. The van der Waals surface area contributed by atoms with Crippen LogP contribution in [0.2, 0.25) is 0 Å². The van der Waals surface area contributed by atoms with Gasteiger partial charge in [-0.2, -0.15) is 9.78 Å². The van der Waals surface area contributed by atoms with Gasteiger partial charge in [-0.3, -0.25) is 4.79 Å². The van der Waals surface area contributed by atoms with E-state index in [1.54, 1.807) is 30.3 Å². The van der Waals surface area contributed by atoms with Crippen LogP contribution in [0.5, 0.6) is 5.75 Å². The molecule has 5 nitrogen and oxygen atoms in total. The van der Waals surface area contributed by atoms with Crippen molar-refractivity contribution in [2.75, 3.05) is 0 Å². The average molecular weight is 373 g/mol. The Morgan fingerprint density at radius 1 is 0.964 bits per heavy atom. The van der Waals surface area contributed by atoms with E-state index in [1.165, 1.54) is 23.0 Å². The van der Waals surface area contributed by atoms with Crippen LogP contribution in [0, 0.1) is 5.82 Å². The molecule has 3 aromatic carbocycles. The highest BCUT2D eigenvalue weighted by molar-refractivity contribution is 5.80. The van der Waals surface area contributed by atoms with Gasteiger partial charge < -0.3 is 4.74 Å². The summed E-state index contributed by atoms with van der Waals surface area (Å²) in [6.07, 6.45) is 1.49. The lowest BCUT2D eigenvalue weighted by atomic mass is 10.2. The molecule has 0 fully saturated rings. The summed E-state index contributed by atoms with van der Waals surface area (Å²) in [5.74, 6) is 0.698. The number of aromatic nitrogens is 2. The highest BCUT2D eigenvalue weighted by atomic mass is 19.1. The first-order chi connectivity index (χ1) is 13.7. The summed E-state index contributed by atoms with van der Waals surface area (Å²) in [7, 11) is 0. The van der Waals surface area contributed by atoms with Crippen LogP contribution in [0.4, 0.5) is 4.39 Å². The fourth-order valence-corrected chi connectivity index (χ4v) is 2.72. The van der Waals surface area contributed by atoms with Crippen molar-refractivity contribution >= 4 is 17.1 Å². The molecule has 0 amide bonds. The number of nitrogens with zero attached hydrogens (tertiary/aromatic N) is 3. The molecule has 0 saturated heterocycles. The summed E-state index contributed by atoms with van der Waals surface area (Å²) in [4.78, 5) is 17.5. The van der Waals surface area contributed by atoms with E-state index in [0.29, 0.717) is 28.0 Å². The highest BCUT2D eigenvalue weighted by Crippen LogP contribution is 2.13. The molecule has 1 aromatic heterocycles. The van der Waals surface area contributed by atoms with E-state index in [2.05, 4.69) is 10.1 Å². The van der Waals surface area contributed by atoms with Crippen LogP contribution in [0.3, 0.4) is 0 Å². The van der Waals surface area contributed by atoms with Crippen LogP contribution in [0.25, 0.3) is 10.9 Å². The second kappa shape index (κ2) is 7.84. The van der Waals surface area contributed by atoms with Crippen LogP contribution in [-0.2, 0) is 6.61 Å². The van der Waals surface area contributed by atoms with Gasteiger partial charge in [0.05, 0.1) is 17.1 Å². The molecule has 0 saturated carbocycles. The van der Waals surface area contributed by atoms with Crippen molar-refractivity contribution in [3.8, 4) is 5.75 Å². The zero-order valence-electron chi connectivity index (χ0n) is 14.8. The molecule has 28 heavy (non-hydrogen) atoms. The van der Waals surface area contributed by atoms with Crippen LogP contribution < -0.4 is 10.3 Å². The van der Waals surface area contributed by atoms with Crippen molar-refractivity contribution in [2.45, 2.75) is 6.61 Å². The third-order valence-electron chi connectivity index (χ3n) is 4.12. The number of fused-ring (bicyclic) bond motifs is 1. The van der Waals surface area contributed by atoms with Gasteiger partial charge in [0.1, 0.15) is 18.2 Å². The zero-order chi connectivity index (χ0) is 19.3. The number of hydrogen-bond acceptors (Lipinski definition) is 4. The number of rotatable bonds is 5. The normalized spacial score (nSPS) is 11.2. The van der Waals surface area contributed by atoms with Gasteiger partial charge in [0.2, 0.25) is 0 Å². The van der Waals surface area contributed by atoms with E-state index in [9.17, 15) is 9.18 Å². The Labute approximate surface area is 160 Å². The smallest absolute Gasteiger partial charge is 0.282 e. The van der Waals surface area contributed by atoms with E-state index in [1.807, 2.05) is 36.4 Å². The number of hydrogen-bond donors (Lipinski definition) is 0. The summed E-state index contributed by atoms with van der Waals surface area (Å²) in [5.41, 5.74) is 0.944. The molecule has 1 heterocycles. The molecule has 0 N–H and O–H groups in total. The highest BCUT2D eigenvalue weighted by Gasteiger charge is 2.11. The minimum atomic E-state index is -0.335. The minimum Gasteiger partial charge on any atom is -0.486 e. The first-order valence-electron chi connectivity index (χ1n) is 8.69. The lowest BCUT2D eigenvalue weighted by Gasteiger charge is -2.10. The summed E-state index contributed by atoms with van der Waals surface area (Å²) < 4.78 is 20.1. The predicted octanol–water partition coefficient (Wildman–Crippen LogP) is 4.00. The van der Waals surface area contributed by atoms with Crippen molar-refractivity contribution in [3.63, 3.8) is 0 Å². The third kappa shape index (κ3) is 3.81. The van der Waals surface area contributed by atoms with Gasteiger partial charge in [-0.15, -0.1) is 0 Å². The van der Waals surface area contributed by atoms with Crippen molar-refractivity contribution < 1.29 is 9.13 Å². The van der Waals surface area contributed by atoms with E-state index < -0.39 is 0 Å². The molecule has 0 unspecified atom stereocenters. The van der Waals surface area contributed by atoms with Crippen molar-refractivity contribution in [2.24, 2.45) is 5.10 Å². The van der Waals surface area contributed by atoms with Gasteiger partial charge in [0.15, 0.2) is 5.82 Å². The van der Waals surface area contributed by atoms with Gasteiger partial charge >= 0.3 is 0 Å². The zero-order valence-corrected chi connectivity index (χ0v) is 14.8. The van der Waals surface area contributed by atoms with Crippen LogP contribution in [-0.4, -0.2) is 15.9 Å². The Kier molecular flexibility index (Phi) is 4.93. The van der Waals surface area contributed by atoms with Gasteiger partial charge in [-0.05, 0) is 42.0 Å². The third-order valence-corrected chi connectivity index (χ3v) is 4.12. The second-order valence-corrected chi connectivity index (χ2v) is 6.06. The first kappa shape index (κ1) is 17.6. The van der Waals surface area contributed by atoms with Crippen molar-refractivity contribution in [1.29, 1.82) is 0 Å². The molecule has 138 valence electrons. The Morgan fingerprint density at radius 2 is 1.68 bits per heavy atom. The van der Waals surface area contributed by atoms with Crippen LogP contribution in [0.15, 0.2) is 88.8 Å². The molecule has 0 aliphatic rings. The van der Waals surface area contributed by atoms with Gasteiger partial charge in [0.25, 0.3) is 5.56 Å². The van der Waals surface area contributed by atoms with Crippen LogP contribution in [0.1, 0.15) is 11.4 Å². The maximum atomic E-state index is 13.1. The number of para-hydroxylation sites is 2. The molecular weight excluding hydrogens is 357 g/mol. The van der Waals surface area contributed by atoms with Crippen molar-refractivity contribution in [3.05, 3.63) is 106 Å². The predicted molar refractivity (Wildman–Crippen MR) is 106 cm³/mol. The quantitative estimate of drug-likeness (QED) is 0.497. The minimum absolute atomic E-state index is 0.0743. The molecule has 4 aromatic rings. The Hall–Kier alpha value is -3.80. The van der Waals surface area contributed by atoms with Gasteiger partial charge in [-0.1, -0.05) is 42.5 Å². The molecule has 6 heteroatoms.